The molecule has 2 saturated heterocycles. The zero-order chi connectivity index (χ0) is 14.5. The van der Waals surface area contributed by atoms with Gasteiger partial charge in [-0.15, -0.1) is 0 Å². The van der Waals surface area contributed by atoms with Crippen LogP contribution < -0.4 is 4.90 Å². The Balaban J connectivity index is 1.63. The van der Waals surface area contributed by atoms with Crippen LogP contribution in [0.25, 0.3) is 0 Å². The second kappa shape index (κ2) is 7.18. The van der Waals surface area contributed by atoms with E-state index in [-0.39, 0.29) is 6.10 Å². The van der Waals surface area contributed by atoms with Crippen molar-refractivity contribution >= 4 is 5.95 Å². The van der Waals surface area contributed by atoms with Crippen LogP contribution in [0.1, 0.15) is 31.7 Å². The van der Waals surface area contributed by atoms with Gasteiger partial charge < -0.3 is 14.5 Å². The molecule has 1 aromatic heterocycles. The number of ether oxygens (including phenoxy) is 1. The molecule has 1 unspecified atom stereocenters. The van der Waals surface area contributed by atoms with Crippen LogP contribution in [0, 0.1) is 0 Å². The van der Waals surface area contributed by atoms with Crippen molar-refractivity contribution in [1.82, 2.24) is 14.9 Å². The Kier molecular flexibility index (Phi) is 5.04. The maximum absolute atomic E-state index is 6.02. The molecule has 2 aliphatic heterocycles. The van der Waals surface area contributed by atoms with Gasteiger partial charge in [-0.05, 0) is 44.3 Å². The van der Waals surface area contributed by atoms with E-state index in [0.29, 0.717) is 0 Å². The van der Waals surface area contributed by atoms with Gasteiger partial charge in [0.05, 0.1) is 6.10 Å². The van der Waals surface area contributed by atoms with E-state index in [1.165, 1.54) is 31.5 Å². The number of aromatic nitrogens is 2. The Morgan fingerprint density at radius 3 is 2.62 bits per heavy atom. The van der Waals surface area contributed by atoms with Crippen molar-refractivity contribution in [2.24, 2.45) is 0 Å². The van der Waals surface area contributed by atoms with E-state index in [4.69, 9.17) is 4.74 Å². The zero-order valence-electron chi connectivity index (χ0n) is 13.0. The van der Waals surface area contributed by atoms with Crippen LogP contribution in [0.3, 0.4) is 0 Å². The molecule has 0 aliphatic carbocycles. The van der Waals surface area contributed by atoms with E-state index < -0.39 is 0 Å². The van der Waals surface area contributed by atoms with Crippen LogP contribution in [0.5, 0.6) is 0 Å². The molecule has 0 N–H and O–H groups in total. The maximum atomic E-state index is 6.02. The molecule has 116 valence electrons. The van der Waals surface area contributed by atoms with E-state index in [2.05, 4.69) is 26.7 Å². The number of hydrogen-bond acceptors (Lipinski definition) is 5. The summed E-state index contributed by atoms with van der Waals surface area (Å²) in [5, 5.41) is 0. The summed E-state index contributed by atoms with van der Waals surface area (Å²) in [4.78, 5) is 13.9. The lowest BCUT2D eigenvalue weighted by Gasteiger charge is -2.27. The van der Waals surface area contributed by atoms with Gasteiger partial charge in [0.1, 0.15) is 0 Å². The average molecular weight is 290 g/mol. The minimum Gasteiger partial charge on any atom is -0.375 e. The largest absolute Gasteiger partial charge is 0.375 e. The second-order valence-corrected chi connectivity index (χ2v) is 6.04. The van der Waals surface area contributed by atoms with Crippen molar-refractivity contribution in [1.29, 1.82) is 0 Å². The van der Waals surface area contributed by atoms with Gasteiger partial charge >= 0.3 is 0 Å². The molecule has 1 atom stereocenters. The number of nitrogens with zero attached hydrogens (tertiary/aromatic N) is 4. The van der Waals surface area contributed by atoms with Crippen molar-refractivity contribution in [3.05, 3.63) is 18.0 Å². The van der Waals surface area contributed by atoms with Crippen LogP contribution in [-0.2, 0) is 11.2 Å². The lowest BCUT2D eigenvalue weighted by atomic mass is 10.3. The molecule has 0 saturated carbocycles. The summed E-state index contributed by atoms with van der Waals surface area (Å²) >= 11 is 0. The number of rotatable bonds is 4. The first-order valence-corrected chi connectivity index (χ1v) is 8.25. The predicted octanol–water partition coefficient (Wildman–Crippen LogP) is 1.73. The first-order valence-electron chi connectivity index (χ1n) is 8.25. The van der Waals surface area contributed by atoms with Gasteiger partial charge in [0.2, 0.25) is 5.95 Å². The maximum Gasteiger partial charge on any atom is 0.225 e. The normalized spacial score (nSPS) is 24.2. The summed E-state index contributed by atoms with van der Waals surface area (Å²) < 4.78 is 6.02. The number of likely N-dealkylation sites (tertiary alicyclic amines) is 1. The smallest absolute Gasteiger partial charge is 0.225 e. The van der Waals surface area contributed by atoms with Gasteiger partial charge in [-0.3, -0.25) is 0 Å². The molecular formula is C16H26N4O. The third kappa shape index (κ3) is 3.92. The van der Waals surface area contributed by atoms with Gasteiger partial charge in [-0.2, -0.15) is 0 Å². The predicted molar refractivity (Wildman–Crippen MR) is 83.7 cm³/mol. The van der Waals surface area contributed by atoms with Crippen LogP contribution in [0.15, 0.2) is 12.4 Å². The molecule has 5 heteroatoms. The Morgan fingerprint density at radius 1 is 1.14 bits per heavy atom. The van der Waals surface area contributed by atoms with Gasteiger partial charge in [-0.1, -0.05) is 6.92 Å². The molecular weight excluding hydrogens is 264 g/mol. The molecule has 3 heterocycles. The number of hydrogen-bond donors (Lipinski definition) is 0. The Hall–Kier alpha value is -1.20. The summed E-state index contributed by atoms with van der Waals surface area (Å²) in [5.74, 6) is 0.851. The summed E-state index contributed by atoms with van der Waals surface area (Å²) in [6.45, 7) is 8.36. The fraction of sp³-hybridized carbons (Fsp3) is 0.750. The molecule has 5 nitrogen and oxygen atoms in total. The quantitative estimate of drug-likeness (QED) is 0.845. The molecule has 0 amide bonds. The molecule has 1 aromatic rings. The summed E-state index contributed by atoms with van der Waals surface area (Å²) in [7, 11) is 0. The van der Waals surface area contributed by atoms with E-state index >= 15 is 0 Å². The molecule has 3 rings (SSSR count). The number of anilines is 1. The highest BCUT2D eigenvalue weighted by atomic mass is 16.5. The Labute approximate surface area is 127 Å². The zero-order valence-corrected chi connectivity index (χ0v) is 13.0. The highest BCUT2D eigenvalue weighted by Crippen LogP contribution is 2.16. The van der Waals surface area contributed by atoms with Gasteiger partial charge in [-0.25, -0.2) is 9.97 Å². The average Bonchev–Trinajstić information content (AvgIpc) is 2.92. The van der Waals surface area contributed by atoms with Crippen LogP contribution in [-0.4, -0.2) is 60.3 Å². The number of aryl methyl sites for hydroxylation is 1. The topological polar surface area (TPSA) is 41.5 Å². The summed E-state index contributed by atoms with van der Waals surface area (Å²) in [5.41, 5.74) is 1.19. The molecule has 2 aliphatic rings. The second-order valence-electron chi connectivity index (χ2n) is 6.04. The minimum atomic E-state index is 0.278. The molecule has 0 bridgehead atoms. The molecule has 0 spiro atoms. The van der Waals surface area contributed by atoms with Crippen molar-refractivity contribution in [2.45, 2.75) is 38.7 Å². The van der Waals surface area contributed by atoms with Crippen molar-refractivity contribution < 1.29 is 4.74 Å². The van der Waals surface area contributed by atoms with Gasteiger partial charge in [0.25, 0.3) is 0 Å². The fourth-order valence-electron chi connectivity index (χ4n) is 3.13. The molecule has 2 fully saturated rings. The minimum absolute atomic E-state index is 0.278. The summed E-state index contributed by atoms with van der Waals surface area (Å²) in [6, 6.07) is 0. The highest BCUT2D eigenvalue weighted by Gasteiger charge is 2.24. The molecule has 0 aromatic carbocycles. The monoisotopic (exact) mass is 290 g/mol. The molecule has 21 heavy (non-hydrogen) atoms. The van der Waals surface area contributed by atoms with Gasteiger partial charge in [0, 0.05) is 38.6 Å². The van der Waals surface area contributed by atoms with Gasteiger partial charge in [0.15, 0.2) is 0 Å². The lowest BCUT2D eigenvalue weighted by molar-refractivity contribution is 0.0450. The lowest BCUT2D eigenvalue weighted by Crippen LogP contribution is -2.40. The van der Waals surface area contributed by atoms with E-state index in [0.717, 1.165) is 45.0 Å². The van der Waals surface area contributed by atoms with Crippen LogP contribution >= 0.6 is 0 Å². The summed E-state index contributed by atoms with van der Waals surface area (Å²) in [6.07, 6.45) is 8.87. The van der Waals surface area contributed by atoms with E-state index in [1.807, 2.05) is 12.4 Å². The third-order valence-corrected chi connectivity index (χ3v) is 4.39. The fourth-order valence-corrected chi connectivity index (χ4v) is 3.13. The van der Waals surface area contributed by atoms with Crippen molar-refractivity contribution in [3.8, 4) is 0 Å². The van der Waals surface area contributed by atoms with Crippen LogP contribution in [0.4, 0.5) is 5.95 Å². The first-order chi connectivity index (χ1) is 10.3. The standard InChI is InChI=1S/C16H26N4O/c1-2-14-10-17-16(18-11-14)20-8-5-9-21-15(13-20)12-19-6-3-4-7-19/h10-11,15H,2-9,12-13H2,1H3. The third-order valence-electron chi connectivity index (χ3n) is 4.39. The molecule has 0 radical (unpaired) electrons. The highest BCUT2D eigenvalue weighted by molar-refractivity contribution is 5.30. The Bertz CT molecular complexity index is 430. The van der Waals surface area contributed by atoms with E-state index in [9.17, 15) is 0 Å². The van der Waals surface area contributed by atoms with Crippen molar-refractivity contribution in [3.63, 3.8) is 0 Å². The Morgan fingerprint density at radius 2 is 1.90 bits per heavy atom. The van der Waals surface area contributed by atoms with E-state index in [1.54, 1.807) is 0 Å². The van der Waals surface area contributed by atoms with Crippen molar-refractivity contribution in [2.75, 3.05) is 44.2 Å². The first kappa shape index (κ1) is 14.7. The SMILES string of the molecule is CCc1cnc(N2CCCOC(CN3CCCC3)C2)nc1. The van der Waals surface area contributed by atoms with Crippen LogP contribution in [0.2, 0.25) is 0 Å².